The molecule has 0 aliphatic carbocycles. The fraction of sp³-hybridized carbons (Fsp3) is 0.161. The number of rotatable bonds is 4. The number of nitrogens with zero attached hydrogens (tertiary/aromatic N) is 7. The Morgan fingerprint density at radius 1 is 0.829 bits per heavy atom. The number of likely N-dealkylation sites (N-methyl/N-ethyl adjacent to an activating group) is 1. The maximum Gasteiger partial charge on any atom is 0.321 e. The molecule has 1 fully saturated rings. The molecule has 41 heavy (non-hydrogen) atoms. The second-order valence-corrected chi connectivity index (χ2v) is 10.2. The van der Waals surface area contributed by atoms with Crippen LogP contribution in [0.15, 0.2) is 85.8 Å². The Balaban J connectivity index is 1.23. The smallest absolute Gasteiger partial charge is 0.321 e. The van der Waals surface area contributed by atoms with Crippen molar-refractivity contribution in [3.63, 3.8) is 0 Å². The van der Waals surface area contributed by atoms with E-state index in [1.165, 1.54) is 6.33 Å². The van der Waals surface area contributed by atoms with Crippen LogP contribution < -0.4 is 5.32 Å². The molecule has 0 radical (unpaired) electrons. The Kier molecular flexibility index (Phi) is 6.29. The van der Waals surface area contributed by atoms with Crippen molar-refractivity contribution in [3.05, 3.63) is 85.8 Å². The highest BCUT2D eigenvalue weighted by molar-refractivity contribution is 6.01. The number of hydrogen-bond donors (Lipinski definition) is 2. The van der Waals surface area contributed by atoms with E-state index in [-0.39, 0.29) is 6.03 Å². The van der Waals surface area contributed by atoms with Crippen molar-refractivity contribution in [1.82, 2.24) is 39.7 Å². The van der Waals surface area contributed by atoms with Crippen LogP contribution in [-0.2, 0) is 0 Å². The largest absolute Gasteiger partial charge is 0.353 e. The van der Waals surface area contributed by atoms with Gasteiger partial charge in [0.25, 0.3) is 0 Å². The normalized spacial score (nSPS) is 14.0. The minimum absolute atomic E-state index is 0.116. The molecule has 7 rings (SSSR count). The van der Waals surface area contributed by atoms with Crippen molar-refractivity contribution in [2.45, 2.75) is 0 Å². The van der Waals surface area contributed by atoms with Crippen LogP contribution in [0.25, 0.3) is 55.6 Å². The first-order valence-corrected chi connectivity index (χ1v) is 13.5. The molecule has 5 aromatic heterocycles. The molecule has 10 heteroatoms. The predicted octanol–water partition coefficient (Wildman–Crippen LogP) is 5.08. The Morgan fingerprint density at radius 2 is 1.66 bits per heavy atom. The van der Waals surface area contributed by atoms with Crippen LogP contribution >= 0.6 is 0 Å². The molecule has 1 aliphatic rings. The number of pyridine rings is 3. The minimum Gasteiger partial charge on any atom is -0.353 e. The molecule has 6 aromatic rings. The summed E-state index contributed by atoms with van der Waals surface area (Å²) in [6, 6.07) is 16.2. The number of fused-ring (bicyclic) bond motifs is 2. The number of aromatic amines is 1. The summed E-state index contributed by atoms with van der Waals surface area (Å²) in [7, 11) is 2.06. The standard InChI is InChI=1S/C31H27N9O/c1-39-9-11-40(12-10-39)31(41)37-23-13-21(16-33-18-23)22-14-26-29(35-19-36-30(26)34-17-22)28-15-25-24(3-2-4-27(25)38-28)20-5-7-32-8-6-20/h2-8,13-19,38H,9-12H2,1H3,(H,37,41). The second-order valence-electron chi connectivity index (χ2n) is 10.2. The van der Waals surface area contributed by atoms with Crippen LogP contribution in [0.2, 0.25) is 0 Å². The SMILES string of the molecule is CN1CCN(C(=O)Nc2cncc(-c3cnc4ncnc(-c5cc6c(-c7ccncc7)cccc6[nH]5)c4c3)c2)CC1. The lowest BCUT2D eigenvalue weighted by atomic mass is 10.0. The van der Waals surface area contributed by atoms with Crippen LogP contribution in [0, 0.1) is 0 Å². The van der Waals surface area contributed by atoms with Gasteiger partial charge in [0.15, 0.2) is 5.65 Å². The molecule has 1 saturated heterocycles. The maximum absolute atomic E-state index is 12.8. The summed E-state index contributed by atoms with van der Waals surface area (Å²) in [5.41, 5.74) is 7.78. The Morgan fingerprint density at radius 3 is 2.51 bits per heavy atom. The van der Waals surface area contributed by atoms with Gasteiger partial charge in [-0.15, -0.1) is 0 Å². The van der Waals surface area contributed by atoms with E-state index in [9.17, 15) is 4.79 Å². The number of nitrogens with one attached hydrogen (secondary N) is 2. The summed E-state index contributed by atoms with van der Waals surface area (Å²) in [5.74, 6) is 0. The Bertz CT molecular complexity index is 1880. The third kappa shape index (κ3) is 4.85. The van der Waals surface area contributed by atoms with Crippen molar-refractivity contribution in [1.29, 1.82) is 0 Å². The number of carbonyl (C=O) groups is 1. The topological polar surface area (TPSA) is 116 Å². The van der Waals surface area contributed by atoms with Crippen molar-refractivity contribution < 1.29 is 4.79 Å². The van der Waals surface area contributed by atoms with Gasteiger partial charge in [0.1, 0.15) is 6.33 Å². The van der Waals surface area contributed by atoms with E-state index in [4.69, 9.17) is 0 Å². The lowest BCUT2D eigenvalue weighted by Gasteiger charge is -2.32. The number of aromatic nitrogens is 6. The molecule has 0 saturated carbocycles. The van der Waals surface area contributed by atoms with Crippen molar-refractivity contribution in [2.24, 2.45) is 0 Å². The van der Waals surface area contributed by atoms with Crippen molar-refractivity contribution in [3.8, 4) is 33.6 Å². The minimum atomic E-state index is -0.116. The monoisotopic (exact) mass is 541 g/mol. The van der Waals surface area contributed by atoms with E-state index >= 15 is 0 Å². The summed E-state index contributed by atoms with van der Waals surface area (Å²) in [4.78, 5) is 42.6. The summed E-state index contributed by atoms with van der Waals surface area (Å²) in [5, 5.41) is 4.91. The van der Waals surface area contributed by atoms with Gasteiger partial charge in [-0.05, 0) is 54.6 Å². The van der Waals surface area contributed by atoms with E-state index in [0.717, 1.165) is 63.0 Å². The maximum atomic E-state index is 12.8. The first kappa shape index (κ1) is 24.8. The third-order valence-corrected chi connectivity index (χ3v) is 7.51. The molecule has 2 amide bonds. The fourth-order valence-electron chi connectivity index (χ4n) is 5.26. The zero-order chi connectivity index (χ0) is 27.8. The molecule has 0 spiro atoms. The number of anilines is 1. The molecule has 1 aromatic carbocycles. The molecule has 10 nitrogen and oxygen atoms in total. The number of amides is 2. The molecular formula is C31H27N9O. The molecule has 0 atom stereocenters. The van der Waals surface area contributed by atoms with E-state index in [2.05, 4.69) is 65.4 Å². The molecule has 6 heterocycles. The van der Waals surface area contributed by atoms with Gasteiger partial charge >= 0.3 is 6.03 Å². The quantitative estimate of drug-likeness (QED) is 0.320. The third-order valence-electron chi connectivity index (χ3n) is 7.51. The van der Waals surface area contributed by atoms with Crippen LogP contribution in [0.4, 0.5) is 10.5 Å². The molecule has 202 valence electrons. The Labute approximate surface area is 236 Å². The van der Waals surface area contributed by atoms with Gasteiger partial charge < -0.3 is 20.1 Å². The lowest BCUT2D eigenvalue weighted by molar-refractivity contribution is 0.164. The fourth-order valence-corrected chi connectivity index (χ4v) is 5.26. The highest BCUT2D eigenvalue weighted by atomic mass is 16.2. The van der Waals surface area contributed by atoms with Crippen molar-refractivity contribution in [2.75, 3.05) is 38.5 Å². The number of benzene rings is 1. The van der Waals surface area contributed by atoms with Crippen LogP contribution in [-0.4, -0.2) is 79.0 Å². The summed E-state index contributed by atoms with van der Waals surface area (Å²) in [6.07, 6.45) is 10.3. The number of urea groups is 1. The highest BCUT2D eigenvalue weighted by Crippen LogP contribution is 2.34. The van der Waals surface area contributed by atoms with Crippen molar-refractivity contribution >= 4 is 33.7 Å². The molecule has 2 N–H and O–H groups in total. The van der Waals surface area contributed by atoms with Gasteiger partial charge in [-0.1, -0.05) is 12.1 Å². The van der Waals surface area contributed by atoms with E-state index in [1.807, 2.05) is 35.2 Å². The second kappa shape index (κ2) is 10.4. The van der Waals surface area contributed by atoms with Gasteiger partial charge in [-0.2, -0.15) is 0 Å². The predicted molar refractivity (Wildman–Crippen MR) is 159 cm³/mol. The average Bonchev–Trinajstić information content (AvgIpc) is 3.46. The van der Waals surface area contributed by atoms with Gasteiger partial charge in [0, 0.05) is 78.4 Å². The first-order valence-electron chi connectivity index (χ1n) is 13.5. The van der Waals surface area contributed by atoms with Gasteiger partial charge in [-0.25, -0.2) is 19.7 Å². The van der Waals surface area contributed by atoms with Crippen LogP contribution in [0.5, 0.6) is 0 Å². The van der Waals surface area contributed by atoms with Gasteiger partial charge in [0.05, 0.1) is 23.3 Å². The van der Waals surface area contributed by atoms with Crippen LogP contribution in [0.3, 0.4) is 0 Å². The number of piperazine rings is 1. The molecule has 0 unspecified atom stereocenters. The Hall–Kier alpha value is -5.22. The van der Waals surface area contributed by atoms with E-state index < -0.39 is 0 Å². The average molecular weight is 542 g/mol. The zero-order valence-corrected chi connectivity index (χ0v) is 22.5. The van der Waals surface area contributed by atoms with E-state index in [0.29, 0.717) is 24.4 Å². The summed E-state index contributed by atoms with van der Waals surface area (Å²) >= 11 is 0. The molecule has 0 bridgehead atoms. The summed E-state index contributed by atoms with van der Waals surface area (Å²) < 4.78 is 0. The van der Waals surface area contributed by atoms with E-state index in [1.54, 1.807) is 31.0 Å². The van der Waals surface area contributed by atoms with Gasteiger partial charge in [-0.3, -0.25) is 9.97 Å². The zero-order valence-electron chi connectivity index (χ0n) is 22.5. The number of H-pyrrole nitrogens is 1. The summed E-state index contributed by atoms with van der Waals surface area (Å²) in [6.45, 7) is 3.12. The van der Waals surface area contributed by atoms with Crippen LogP contribution in [0.1, 0.15) is 0 Å². The highest BCUT2D eigenvalue weighted by Gasteiger charge is 2.19. The number of hydrogen-bond acceptors (Lipinski definition) is 7. The first-order chi connectivity index (χ1) is 20.1. The molecule has 1 aliphatic heterocycles. The number of carbonyl (C=O) groups excluding carboxylic acids is 1. The molecular weight excluding hydrogens is 514 g/mol. The van der Waals surface area contributed by atoms with Gasteiger partial charge in [0.2, 0.25) is 0 Å². The lowest BCUT2D eigenvalue weighted by Crippen LogP contribution is -2.48.